The minimum atomic E-state index is -2.88. The van der Waals surface area contributed by atoms with Gasteiger partial charge in [-0.3, -0.25) is 4.79 Å². The number of fused-ring (bicyclic) bond motifs is 1. The summed E-state index contributed by atoms with van der Waals surface area (Å²) in [5, 5.41) is 6.43. The van der Waals surface area contributed by atoms with Crippen molar-refractivity contribution in [3.63, 3.8) is 0 Å². The molecular weight excluding hydrogens is 378 g/mol. The van der Waals surface area contributed by atoms with Crippen molar-refractivity contribution < 1.29 is 13.2 Å². The molecule has 0 aliphatic carbocycles. The first-order valence-electron chi connectivity index (χ1n) is 7.03. The Balaban J connectivity index is 2.06. The van der Waals surface area contributed by atoms with E-state index in [0.29, 0.717) is 0 Å². The van der Waals surface area contributed by atoms with Crippen molar-refractivity contribution in [1.29, 1.82) is 0 Å². The first-order chi connectivity index (χ1) is 11.9. The fraction of sp³-hybridized carbons (Fsp3) is 0.125. The number of rotatable bonds is 4. The van der Waals surface area contributed by atoms with Crippen LogP contribution < -0.4 is 10.5 Å². The molecule has 0 bridgehead atoms. The van der Waals surface area contributed by atoms with Crippen LogP contribution in [0, 0.1) is 5.82 Å². The second kappa shape index (κ2) is 6.93. The quantitative estimate of drug-likeness (QED) is 0.665. The lowest BCUT2D eigenvalue weighted by molar-refractivity contribution is 0.140. The molecule has 0 saturated heterocycles. The number of hydrogen-bond donors (Lipinski definition) is 1. The molecule has 0 atom stereocenters. The average molecular weight is 388 g/mol. The minimum Gasteiger partial charge on any atom is -0.312 e. The van der Waals surface area contributed by atoms with Gasteiger partial charge in [-0.25, -0.2) is 9.49 Å². The Morgan fingerprint density at radius 3 is 2.60 bits per heavy atom. The van der Waals surface area contributed by atoms with Gasteiger partial charge in [0.15, 0.2) is 5.15 Å². The molecule has 4 nitrogen and oxygen atoms in total. The largest absolute Gasteiger partial charge is 0.315 e. The van der Waals surface area contributed by atoms with Gasteiger partial charge in [-0.1, -0.05) is 23.2 Å². The normalized spacial score (nSPS) is 11.3. The minimum absolute atomic E-state index is 0.0190. The Hall–Kier alpha value is -2.25. The highest BCUT2D eigenvalue weighted by Crippen LogP contribution is 2.29. The Bertz CT molecular complexity index is 994. The third-order valence-corrected chi connectivity index (χ3v) is 4.30. The molecule has 1 aromatic heterocycles. The van der Waals surface area contributed by atoms with Gasteiger partial charge in [-0.05, 0) is 42.0 Å². The number of anilines is 1. The zero-order valence-corrected chi connectivity index (χ0v) is 14.0. The first-order valence-corrected chi connectivity index (χ1v) is 7.79. The predicted molar refractivity (Wildman–Crippen MR) is 91.0 cm³/mol. The molecule has 3 aromatic rings. The Morgan fingerprint density at radius 2 is 1.88 bits per heavy atom. The van der Waals surface area contributed by atoms with E-state index in [1.807, 2.05) is 0 Å². The Kier molecular flexibility index (Phi) is 4.87. The summed E-state index contributed by atoms with van der Waals surface area (Å²) in [6.07, 6.45) is 0. The van der Waals surface area contributed by atoms with Crippen molar-refractivity contribution in [3.8, 4) is 0 Å². The van der Waals surface area contributed by atoms with E-state index in [1.165, 1.54) is 24.3 Å². The summed E-state index contributed by atoms with van der Waals surface area (Å²) in [4.78, 5) is 12.4. The fourth-order valence-electron chi connectivity index (χ4n) is 2.42. The maximum absolute atomic E-state index is 13.6. The summed E-state index contributed by atoms with van der Waals surface area (Å²) >= 11 is 11.9. The topological polar surface area (TPSA) is 49.0 Å². The lowest BCUT2D eigenvalue weighted by Gasteiger charge is -2.24. The molecule has 1 N–H and O–H groups in total. The van der Waals surface area contributed by atoms with Gasteiger partial charge in [0.2, 0.25) is 0 Å². The highest BCUT2D eigenvalue weighted by Gasteiger charge is 2.20. The van der Waals surface area contributed by atoms with Crippen molar-refractivity contribution >= 4 is 39.7 Å². The van der Waals surface area contributed by atoms with E-state index in [0.717, 1.165) is 17.0 Å². The molecule has 0 saturated carbocycles. The van der Waals surface area contributed by atoms with Crippen LogP contribution >= 0.6 is 23.2 Å². The number of nitrogens with zero attached hydrogens (tertiary/aromatic N) is 2. The van der Waals surface area contributed by atoms with Crippen LogP contribution in [0.4, 0.5) is 18.9 Å². The van der Waals surface area contributed by atoms with Gasteiger partial charge in [0.05, 0.1) is 5.39 Å². The summed E-state index contributed by atoms with van der Waals surface area (Å²) in [6, 6.07) is 7.60. The van der Waals surface area contributed by atoms with Crippen LogP contribution in [0.5, 0.6) is 0 Å². The third-order valence-electron chi connectivity index (χ3n) is 3.64. The predicted octanol–water partition coefficient (Wildman–Crippen LogP) is 4.60. The molecule has 0 amide bonds. The maximum atomic E-state index is 13.6. The zero-order chi connectivity index (χ0) is 18.1. The van der Waals surface area contributed by atoms with Crippen LogP contribution in [-0.2, 0) is 6.54 Å². The van der Waals surface area contributed by atoms with Gasteiger partial charge in [0.25, 0.3) is 5.56 Å². The zero-order valence-electron chi connectivity index (χ0n) is 12.4. The van der Waals surface area contributed by atoms with Crippen molar-refractivity contribution in [3.05, 3.63) is 68.3 Å². The molecule has 1 heterocycles. The van der Waals surface area contributed by atoms with Crippen LogP contribution in [0.3, 0.4) is 0 Å². The number of hydrogen-bond acceptors (Lipinski definition) is 3. The van der Waals surface area contributed by atoms with Crippen LogP contribution in [0.2, 0.25) is 10.2 Å². The van der Waals surface area contributed by atoms with Gasteiger partial charge in [-0.15, -0.1) is 0 Å². The molecule has 0 aliphatic heterocycles. The number of H-pyrrole nitrogens is 1. The molecular formula is C16H10Cl2F3N3O. The summed E-state index contributed by atoms with van der Waals surface area (Å²) in [6.45, 7) is -3.21. The maximum Gasteiger partial charge on any atom is 0.315 e. The Morgan fingerprint density at radius 1 is 1.12 bits per heavy atom. The van der Waals surface area contributed by atoms with Crippen LogP contribution in [-0.4, -0.2) is 16.7 Å². The van der Waals surface area contributed by atoms with Crippen LogP contribution in [0.1, 0.15) is 5.56 Å². The molecule has 25 heavy (non-hydrogen) atoms. The van der Waals surface area contributed by atoms with Gasteiger partial charge >= 0.3 is 6.55 Å². The van der Waals surface area contributed by atoms with E-state index in [1.54, 1.807) is 0 Å². The monoisotopic (exact) mass is 387 g/mol. The van der Waals surface area contributed by atoms with Crippen molar-refractivity contribution in [1.82, 2.24) is 10.2 Å². The summed E-state index contributed by atoms with van der Waals surface area (Å²) in [5.41, 5.74) is -0.183. The second-order valence-corrected chi connectivity index (χ2v) is 5.98. The molecule has 9 heteroatoms. The number of halogens is 5. The number of aromatic amines is 1. The lowest BCUT2D eigenvalue weighted by atomic mass is 10.1. The van der Waals surface area contributed by atoms with E-state index in [9.17, 15) is 18.0 Å². The molecule has 3 rings (SSSR count). The van der Waals surface area contributed by atoms with E-state index in [-0.39, 0.29) is 38.7 Å². The molecule has 0 spiro atoms. The van der Waals surface area contributed by atoms with Crippen molar-refractivity contribution in [2.24, 2.45) is 0 Å². The summed E-state index contributed by atoms with van der Waals surface area (Å²) in [7, 11) is 0. The van der Waals surface area contributed by atoms with Gasteiger partial charge < -0.3 is 4.90 Å². The van der Waals surface area contributed by atoms with E-state index >= 15 is 0 Å². The summed E-state index contributed by atoms with van der Waals surface area (Å²) < 4.78 is 40.5. The smallest absolute Gasteiger partial charge is 0.312 e. The van der Waals surface area contributed by atoms with Crippen molar-refractivity contribution in [2.45, 2.75) is 13.1 Å². The van der Waals surface area contributed by atoms with Crippen LogP contribution in [0.15, 0.2) is 41.2 Å². The molecule has 0 unspecified atom stereocenters. The van der Waals surface area contributed by atoms with Gasteiger partial charge in [0, 0.05) is 22.6 Å². The van der Waals surface area contributed by atoms with E-state index < -0.39 is 17.9 Å². The molecule has 0 radical (unpaired) electrons. The number of benzene rings is 2. The lowest BCUT2D eigenvalue weighted by Crippen LogP contribution is -2.28. The molecule has 0 aliphatic rings. The van der Waals surface area contributed by atoms with Crippen molar-refractivity contribution in [2.75, 3.05) is 4.90 Å². The highest BCUT2D eigenvalue weighted by atomic mass is 35.5. The first kappa shape index (κ1) is 17.6. The van der Waals surface area contributed by atoms with Crippen LogP contribution in [0.25, 0.3) is 10.8 Å². The fourth-order valence-corrected chi connectivity index (χ4v) is 2.80. The van der Waals surface area contributed by atoms with E-state index in [2.05, 4.69) is 10.2 Å². The van der Waals surface area contributed by atoms with Gasteiger partial charge in [0.1, 0.15) is 5.82 Å². The summed E-state index contributed by atoms with van der Waals surface area (Å²) in [5.74, 6) is -0.578. The standard InChI is InChI=1S/C16H10Cl2F3N3O/c17-13-4-1-9(19)5-8(13)7-24(16(20)21)10-2-3-11-12(6-10)14(18)22-23-15(11)25/h1-6,16H,7H2,(H,23,25). The molecule has 130 valence electrons. The SMILES string of the molecule is O=c1[nH]nc(Cl)c2cc(N(Cc3cc(F)ccc3Cl)C(F)F)ccc12. The molecule has 2 aromatic carbocycles. The highest BCUT2D eigenvalue weighted by molar-refractivity contribution is 6.34. The van der Waals surface area contributed by atoms with E-state index in [4.69, 9.17) is 23.2 Å². The third kappa shape index (κ3) is 3.57. The second-order valence-electron chi connectivity index (χ2n) is 5.21. The average Bonchev–Trinajstić information content (AvgIpc) is 2.58. The Labute approximate surface area is 149 Å². The number of aromatic nitrogens is 2. The molecule has 0 fully saturated rings. The number of nitrogens with one attached hydrogen (secondary N) is 1. The number of alkyl halides is 2. The van der Waals surface area contributed by atoms with Gasteiger partial charge in [-0.2, -0.15) is 13.9 Å².